The fourth-order valence-electron chi connectivity index (χ4n) is 4.27. The lowest BCUT2D eigenvalue weighted by atomic mass is 10.0. The number of nitrogens with one attached hydrogen (secondary N) is 1. The molecule has 3 heterocycles. The van der Waals surface area contributed by atoms with E-state index in [1.54, 1.807) is 12.4 Å². The minimum atomic E-state index is -4.56. The number of anilines is 1. The molecule has 5 rings (SSSR count). The third-order valence-corrected chi connectivity index (χ3v) is 6.36. The van der Waals surface area contributed by atoms with Crippen LogP contribution in [0.25, 0.3) is 10.8 Å². The Morgan fingerprint density at radius 2 is 1.84 bits per heavy atom. The topological polar surface area (TPSA) is 74.5 Å². The second-order valence-electron chi connectivity index (χ2n) is 9.09. The first-order chi connectivity index (χ1) is 18.3. The summed E-state index contributed by atoms with van der Waals surface area (Å²) in [5.41, 5.74) is 0.0706. The van der Waals surface area contributed by atoms with Crippen molar-refractivity contribution in [3.8, 4) is 11.8 Å². The van der Waals surface area contributed by atoms with Gasteiger partial charge in [-0.25, -0.2) is 4.98 Å². The molecule has 10 heteroatoms. The highest BCUT2D eigenvalue weighted by atomic mass is 19.4. The van der Waals surface area contributed by atoms with Gasteiger partial charge in [0, 0.05) is 61.6 Å². The first-order valence-corrected chi connectivity index (χ1v) is 12.0. The van der Waals surface area contributed by atoms with Gasteiger partial charge in [-0.1, -0.05) is 36.3 Å². The van der Waals surface area contributed by atoms with E-state index < -0.39 is 17.6 Å². The van der Waals surface area contributed by atoms with Gasteiger partial charge in [-0.05, 0) is 30.7 Å². The molecule has 2 aromatic heterocycles. The van der Waals surface area contributed by atoms with E-state index in [2.05, 4.69) is 32.0 Å². The van der Waals surface area contributed by atoms with Crippen LogP contribution in [0.1, 0.15) is 33.1 Å². The summed E-state index contributed by atoms with van der Waals surface area (Å²) in [6.45, 7) is 3.18. The molecule has 0 atom stereocenters. The van der Waals surface area contributed by atoms with Gasteiger partial charge in [-0.3, -0.25) is 14.7 Å². The molecule has 2 aromatic carbocycles. The molecule has 0 aliphatic carbocycles. The summed E-state index contributed by atoms with van der Waals surface area (Å²) in [6, 6.07) is 11.5. The Morgan fingerprint density at radius 3 is 2.63 bits per heavy atom. The maximum Gasteiger partial charge on any atom is 0.416 e. The quantitative estimate of drug-likeness (QED) is 0.396. The minimum absolute atomic E-state index is 0.00147. The number of halogens is 3. The fraction of sp³-hybridized carbons (Fsp3) is 0.250. The SMILES string of the molecule is CN1CCN(Cc2ccc(NC(=O)c3cnc(C#Cc4cncc5ccccc45)o3)cc2C(F)(F)F)CC1. The summed E-state index contributed by atoms with van der Waals surface area (Å²) < 4.78 is 47.0. The molecule has 4 aromatic rings. The normalized spacial score (nSPS) is 14.7. The smallest absolute Gasteiger partial charge is 0.416 e. The van der Waals surface area contributed by atoms with Gasteiger partial charge in [0.2, 0.25) is 5.76 Å². The number of alkyl halides is 3. The summed E-state index contributed by atoms with van der Waals surface area (Å²) in [4.78, 5) is 25.0. The number of hydrogen-bond donors (Lipinski definition) is 1. The zero-order valence-electron chi connectivity index (χ0n) is 20.5. The minimum Gasteiger partial charge on any atom is -0.425 e. The highest BCUT2D eigenvalue weighted by molar-refractivity contribution is 6.02. The number of benzene rings is 2. The second-order valence-corrected chi connectivity index (χ2v) is 9.09. The monoisotopic (exact) mass is 519 g/mol. The van der Waals surface area contributed by atoms with Crippen molar-refractivity contribution in [2.75, 3.05) is 38.5 Å². The van der Waals surface area contributed by atoms with Crippen molar-refractivity contribution < 1.29 is 22.4 Å². The van der Waals surface area contributed by atoms with Crippen molar-refractivity contribution in [1.29, 1.82) is 0 Å². The third-order valence-electron chi connectivity index (χ3n) is 6.36. The van der Waals surface area contributed by atoms with E-state index in [1.165, 1.54) is 18.3 Å². The van der Waals surface area contributed by atoms with Crippen LogP contribution in [0.2, 0.25) is 0 Å². The van der Waals surface area contributed by atoms with Gasteiger partial charge >= 0.3 is 6.18 Å². The Kier molecular flexibility index (Phi) is 7.13. The molecule has 1 fully saturated rings. The van der Waals surface area contributed by atoms with Crippen molar-refractivity contribution in [1.82, 2.24) is 19.8 Å². The number of carbonyl (C=O) groups excluding carboxylic acids is 1. The number of fused-ring (bicyclic) bond motifs is 1. The molecular weight excluding hydrogens is 495 g/mol. The van der Waals surface area contributed by atoms with Crippen molar-refractivity contribution in [2.45, 2.75) is 12.7 Å². The van der Waals surface area contributed by atoms with Crippen LogP contribution in [0.5, 0.6) is 0 Å². The molecule has 0 unspecified atom stereocenters. The van der Waals surface area contributed by atoms with E-state index in [9.17, 15) is 18.0 Å². The molecule has 1 aliphatic rings. The zero-order chi connectivity index (χ0) is 26.7. The van der Waals surface area contributed by atoms with Crippen LogP contribution < -0.4 is 5.32 Å². The van der Waals surface area contributed by atoms with Gasteiger partial charge in [0.15, 0.2) is 0 Å². The third kappa shape index (κ3) is 5.85. The maximum atomic E-state index is 13.8. The Morgan fingerprint density at radius 1 is 1.05 bits per heavy atom. The van der Waals surface area contributed by atoms with Gasteiger partial charge in [0.1, 0.15) is 0 Å². The van der Waals surface area contributed by atoms with Crippen LogP contribution in [0.3, 0.4) is 0 Å². The van der Waals surface area contributed by atoms with Gasteiger partial charge in [-0.2, -0.15) is 13.2 Å². The molecular formula is C28H24F3N5O2. The van der Waals surface area contributed by atoms with E-state index in [0.717, 1.165) is 29.9 Å². The van der Waals surface area contributed by atoms with Gasteiger partial charge in [0.25, 0.3) is 11.8 Å². The molecule has 1 N–H and O–H groups in total. The van der Waals surface area contributed by atoms with Crippen LogP contribution in [-0.4, -0.2) is 58.9 Å². The van der Waals surface area contributed by atoms with Crippen LogP contribution in [0.4, 0.5) is 18.9 Å². The first kappa shape index (κ1) is 25.4. The molecule has 7 nitrogen and oxygen atoms in total. The number of oxazole rings is 1. The molecule has 194 valence electrons. The summed E-state index contributed by atoms with van der Waals surface area (Å²) in [5, 5.41) is 4.31. The van der Waals surface area contributed by atoms with Gasteiger partial charge in [-0.15, -0.1) is 0 Å². The van der Waals surface area contributed by atoms with Crippen molar-refractivity contribution >= 4 is 22.4 Å². The Bertz CT molecular complexity index is 1520. The molecule has 1 amide bonds. The predicted octanol–water partition coefficient (Wildman–Crippen LogP) is 4.64. The number of piperazine rings is 1. The average Bonchev–Trinajstić information content (AvgIpc) is 3.38. The number of pyridine rings is 1. The number of hydrogen-bond acceptors (Lipinski definition) is 6. The Labute approximate surface area is 217 Å². The second kappa shape index (κ2) is 10.7. The summed E-state index contributed by atoms with van der Waals surface area (Å²) in [7, 11) is 1.99. The number of aromatic nitrogens is 2. The van der Waals surface area contributed by atoms with Crippen LogP contribution in [0, 0.1) is 11.8 Å². The summed E-state index contributed by atoms with van der Waals surface area (Å²) in [5.74, 6) is 4.82. The lowest BCUT2D eigenvalue weighted by molar-refractivity contribution is -0.138. The molecule has 1 aliphatic heterocycles. The van der Waals surface area contributed by atoms with Crippen molar-refractivity contribution in [3.05, 3.63) is 89.4 Å². The van der Waals surface area contributed by atoms with Crippen LogP contribution in [0.15, 0.2) is 65.5 Å². The van der Waals surface area contributed by atoms with E-state index in [-0.39, 0.29) is 29.4 Å². The summed E-state index contributed by atoms with van der Waals surface area (Å²) in [6.07, 6.45) is -0.0179. The highest BCUT2D eigenvalue weighted by Gasteiger charge is 2.34. The fourth-order valence-corrected chi connectivity index (χ4v) is 4.27. The lowest BCUT2D eigenvalue weighted by Crippen LogP contribution is -2.44. The van der Waals surface area contributed by atoms with E-state index in [4.69, 9.17) is 4.42 Å². The zero-order valence-corrected chi connectivity index (χ0v) is 20.5. The number of nitrogens with zero attached hydrogens (tertiary/aromatic N) is 4. The molecule has 1 saturated heterocycles. The number of likely N-dealkylation sites (N-methyl/N-ethyl adjacent to an activating group) is 1. The largest absolute Gasteiger partial charge is 0.425 e. The van der Waals surface area contributed by atoms with E-state index >= 15 is 0 Å². The standard InChI is InChI=1S/C28H24F3N5O2/c1-35-10-12-36(13-11-35)18-21-6-8-22(14-24(21)28(29,30)31)34-27(37)25-17-33-26(38-25)9-7-20-16-32-15-19-4-2-3-5-23(19)20/h2-6,8,14-17H,10-13,18H2,1H3,(H,34,37). The molecule has 0 saturated carbocycles. The molecule has 0 radical (unpaired) electrons. The van der Waals surface area contributed by atoms with Crippen LogP contribution >= 0.6 is 0 Å². The Hall–Kier alpha value is -4.20. The number of carbonyl (C=O) groups is 1. The van der Waals surface area contributed by atoms with Gasteiger partial charge in [0.05, 0.1) is 17.3 Å². The molecule has 38 heavy (non-hydrogen) atoms. The molecule has 0 bridgehead atoms. The van der Waals surface area contributed by atoms with Crippen LogP contribution in [-0.2, 0) is 12.7 Å². The van der Waals surface area contributed by atoms with Crippen molar-refractivity contribution in [2.24, 2.45) is 0 Å². The predicted molar refractivity (Wildman–Crippen MR) is 136 cm³/mol. The maximum absolute atomic E-state index is 13.8. The first-order valence-electron chi connectivity index (χ1n) is 12.0. The number of rotatable bonds is 4. The molecule has 0 spiro atoms. The van der Waals surface area contributed by atoms with E-state index in [1.807, 2.05) is 36.2 Å². The average molecular weight is 520 g/mol. The summed E-state index contributed by atoms with van der Waals surface area (Å²) >= 11 is 0. The van der Waals surface area contributed by atoms with Gasteiger partial charge < -0.3 is 14.6 Å². The van der Waals surface area contributed by atoms with E-state index in [0.29, 0.717) is 18.7 Å². The van der Waals surface area contributed by atoms with Crippen molar-refractivity contribution in [3.63, 3.8) is 0 Å². The highest BCUT2D eigenvalue weighted by Crippen LogP contribution is 2.34. The Balaban J connectivity index is 1.30. The number of amides is 1. The lowest BCUT2D eigenvalue weighted by Gasteiger charge is -2.33.